The third-order valence-corrected chi connectivity index (χ3v) is 3.83. The summed E-state index contributed by atoms with van der Waals surface area (Å²) in [4.78, 5) is 1.06. The quantitative estimate of drug-likeness (QED) is 0.338. The SMILES string of the molecule is C=[N+]1[N-][C-](c2ccccc2)[S+]=C1c1ccccc1. The van der Waals surface area contributed by atoms with Crippen LogP contribution in [0.25, 0.3) is 5.43 Å². The zero-order valence-corrected chi connectivity index (χ0v) is 10.6. The third-order valence-electron chi connectivity index (χ3n) is 2.68. The Morgan fingerprint density at radius 3 is 2.22 bits per heavy atom. The molecule has 0 unspecified atom stereocenters. The molecule has 0 bridgehead atoms. The molecule has 18 heavy (non-hydrogen) atoms. The minimum absolute atomic E-state index is 0.990. The Morgan fingerprint density at radius 1 is 0.944 bits per heavy atom. The number of nitrogens with zero attached hydrogens (tertiary/aromatic N) is 2. The van der Waals surface area contributed by atoms with Crippen molar-refractivity contribution < 1.29 is 4.68 Å². The molecule has 3 rings (SSSR count). The Bertz CT molecular complexity index is 590. The van der Waals surface area contributed by atoms with Crippen LogP contribution in [0.5, 0.6) is 0 Å². The van der Waals surface area contributed by atoms with Crippen LogP contribution in [-0.2, 0) is 11.4 Å². The smallest absolute Gasteiger partial charge is 0.406 e. The topological polar surface area (TPSA) is 17.1 Å². The molecule has 0 saturated heterocycles. The lowest BCUT2D eigenvalue weighted by molar-refractivity contribution is -0.327. The Balaban J connectivity index is 1.95. The van der Waals surface area contributed by atoms with E-state index in [-0.39, 0.29) is 0 Å². The van der Waals surface area contributed by atoms with Gasteiger partial charge in [0, 0.05) is 0 Å². The lowest BCUT2D eigenvalue weighted by Crippen LogP contribution is -2.10. The predicted molar refractivity (Wildman–Crippen MR) is 77.4 cm³/mol. The summed E-state index contributed by atoms with van der Waals surface area (Å²) in [6.45, 7) is 3.96. The van der Waals surface area contributed by atoms with E-state index in [0.717, 1.165) is 21.5 Å². The molecule has 3 heteroatoms. The van der Waals surface area contributed by atoms with E-state index in [1.165, 1.54) is 0 Å². The van der Waals surface area contributed by atoms with E-state index in [9.17, 15) is 0 Å². The standard InChI is InChI=1S/C15H12N2S/c1-17-15(13-10-6-3-7-11-13)18-14(16-17)12-8-4-2-5-9-12/h2-11H,1H2. The van der Waals surface area contributed by atoms with E-state index >= 15 is 0 Å². The summed E-state index contributed by atoms with van der Waals surface area (Å²) in [6.07, 6.45) is 0. The Morgan fingerprint density at radius 2 is 1.56 bits per heavy atom. The van der Waals surface area contributed by atoms with Gasteiger partial charge in [0.2, 0.25) is 11.4 Å². The first-order valence-electron chi connectivity index (χ1n) is 5.69. The molecule has 0 N–H and O–H groups in total. The van der Waals surface area contributed by atoms with E-state index < -0.39 is 0 Å². The maximum Gasteiger partial charge on any atom is 0.446 e. The summed E-state index contributed by atoms with van der Waals surface area (Å²) in [6, 6.07) is 20.4. The van der Waals surface area contributed by atoms with Crippen LogP contribution in [0.4, 0.5) is 0 Å². The van der Waals surface area contributed by atoms with E-state index in [2.05, 4.69) is 36.4 Å². The normalized spacial score (nSPS) is 14.3. The first kappa shape index (κ1) is 11.0. The van der Waals surface area contributed by atoms with E-state index in [1.54, 1.807) is 16.0 Å². The largest absolute Gasteiger partial charge is 0.446 e. The van der Waals surface area contributed by atoms with Crippen molar-refractivity contribution in [3.8, 4) is 0 Å². The average Bonchev–Trinajstić information content (AvgIpc) is 2.83. The van der Waals surface area contributed by atoms with Crippen molar-refractivity contribution in [3.63, 3.8) is 0 Å². The molecular formula is C15H12N2S. The molecule has 0 radical (unpaired) electrons. The predicted octanol–water partition coefficient (Wildman–Crippen LogP) is 2.80. The van der Waals surface area contributed by atoms with Crippen LogP contribution in [0.2, 0.25) is 0 Å². The van der Waals surface area contributed by atoms with Gasteiger partial charge in [-0.3, -0.25) is 0 Å². The molecule has 2 aromatic carbocycles. The Kier molecular flexibility index (Phi) is 2.82. The molecule has 0 aliphatic carbocycles. The lowest BCUT2D eigenvalue weighted by Gasteiger charge is -2.15. The van der Waals surface area contributed by atoms with Crippen LogP contribution in [0, 0.1) is 5.37 Å². The fourth-order valence-electron chi connectivity index (χ4n) is 1.81. The highest BCUT2D eigenvalue weighted by Crippen LogP contribution is 2.27. The first-order valence-corrected chi connectivity index (χ1v) is 6.51. The molecule has 1 aliphatic rings. The lowest BCUT2D eigenvalue weighted by atomic mass is 10.2. The zero-order valence-electron chi connectivity index (χ0n) is 9.78. The van der Waals surface area contributed by atoms with Crippen molar-refractivity contribution in [2.45, 2.75) is 0 Å². The summed E-state index contributed by atoms with van der Waals surface area (Å²) in [5.41, 5.74) is 6.75. The average molecular weight is 252 g/mol. The second-order valence-corrected chi connectivity index (χ2v) is 4.92. The highest BCUT2D eigenvalue weighted by atomic mass is 32.1. The summed E-state index contributed by atoms with van der Waals surface area (Å²) in [5.74, 6) is 0. The van der Waals surface area contributed by atoms with Crippen LogP contribution >= 0.6 is 0 Å². The molecule has 1 heterocycles. The monoisotopic (exact) mass is 252 g/mol. The molecule has 0 aromatic heterocycles. The maximum atomic E-state index is 4.48. The van der Waals surface area contributed by atoms with Gasteiger partial charge in [-0.05, 0) is 12.1 Å². The van der Waals surface area contributed by atoms with Gasteiger partial charge in [0.15, 0.2) is 0 Å². The van der Waals surface area contributed by atoms with Crippen molar-refractivity contribution in [1.82, 2.24) is 0 Å². The number of hydrogen-bond donors (Lipinski definition) is 0. The van der Waals surface area contributed by atoms with Crippen molar-refractivity contribution in [2.24, 2.45) is 0 Å². The summed E-state index contributed by atoms with van der Waals surface area (Å²) in [5, 5.41) is 0.990. The summed E-state index contributed by atoms with van der Waals surface area (Å²) < 4.78 is 1.70. The molecule has 2 nitrogen and oxygen atoms in total. The molecule has 0 spiro atoms. The zero-order chi connectivity index (χ0) is 12.4. The van der Waals surface area contributed by atoms with E-state index in [0.29, 0.717) is 0 Å². The minimum atomic E-state index is 0.990. The van der Waals surface area contributed by atoms with Gasteiger partial charge in [-0.25, -0.2) is 0 Å². The van der Waals surface area contributed by atoms with Crippen LogP contribution in [0.3, 0.4) is 0 Å². The van der Waals surface area contributed by atoms with Crippen LogP contribution in [0.15, 0.2) is 60.7 Å². The van der Waals surface area contributed by atoms with Gasteiger partial charge in [0.1, 0.15) is 12.3 Å². The molecule has 88 valence electrons. The summed E-state index contributed by atoms with van der Waals surface area (Å²) in [7, 11) is 0. The van der Waals surface area contributed by atoms with Gasteiger partial charge in [-0.1, -0.05) is 24.3 Å². The molecule has 0 atom stereocenters. The molecular weight excluding hydrogens is 240 g/mol. The highest BCUT2D eigenvalue weighted by molar-refractivity contribution is 7.82. The Labute approximate surface area is 111 Å². The molecule has 0 fully saturated rings. The van der Waals surface area contributed by atoms with Gasteiger partial charge < -0.3 is 5.43 Å². The minimum Gasteiger partial charge on any atom is -0.406 e. The van der Waals surface area contributed by atoms with Crippen LogP contribution < -0.4 is 0 Å². The van der Waals surface area contributed by atoms with Gasteiger partial charge in [-0.2, -0.15) is 16.8 Å². The second kappa shape index (κ2) is 4.63. The van der Waals surface area contributed by atoms with Crippen LogP contribution in [-0.4, -0.2) is 16.4 Å². The maximum absolute atomic E-state index is 4.48. The number of rotatable bonds is 2. The molecule has 2 aromatic rings. The number of benzene rings is 2. The van der Waals surface area contributed by atoms with Crippen molar-refractivity contribution in [2.75, 3.05) is 0 Å². The third kappa shape index (κ3) is 2.00. The fourth-order valence-corrected chi connectivity index (χ4v) is 2.78. The summed E-state index contributed by atoms with van der Waals surface area (Å²) >= 11 is 1.66. The highest BCUT2D eigenvalue weighted by Gasteiger charge is 2.29. The van der Waals surface area contributed by atoms with Crippen LogP contribution in [0.1, 0.15) is 11.1 Å². The van der Waals surface area contributed by atoms with Crippen molar-refractivity contribution >= 4 is 23.1 Å². The van der Waals surface area contributed by atoms with Gasteiger partial charge in [0.05, 0.1) is 5.37 Å². The van der Waals surface area contributed by atoms with E-state index in [1.807, 2.05) is 36.4 Å². The van der Waals surface area contributed by atoms with Gasteiger partial charge in [-0.15, -0.1) is 17.7 Å². The number of hydrogen-bond acceptors (Lipinski definition) is 0. The fraction of sp³-hybridized carbons (Fsp3) is 0. The van der Waals surface area contributed by atoms with Crippen molar-refractivity contribution in [3.05, 3.63) is 82.6 Å². The van der Waals surface area contributed by atoms with E-state index in [4.69, 9.17) is 0 Å². The molecule has 1 aliphatic heterocycles. The van der Waals surface area contributed by atoms with Crippen molar-refractivity contribution in [1.29, 1.82) is 0 Å². The second-order valence-electron chi connectivity index (χ2n) is 3.94. The Hall–Kier alpha value is -2.13. The van der Waals surface area contributed by atoms with Gasteiger partial charge in [0.25, 0.3) is 0 Å². The molecule has 0 saturated carbocycles. The first-order chi connectivity index (χ1) is 8.84. The molecule has 0 amide bonds. The van der Waals surface area contributed by atoms with Gasteiger partial charge >= 0.3 is 4.99 Å².